The van der Waals surface area contributed by atoms with Crippen LogP contribution in [0.25, 0.3) is 6.08 Å². The van der Waals surface area contributed by atoms with Crippen molar-refractivity contribution in [2.75, 3.05) is 0 Å². The smallest absolute Gasteiger partial charge is 0.199 e. The van der Waals surface area contributed by atoms with Gasteiger partial charge in [0.05, 0.1) is 10.6 Å². The van der Waals surface area contributed by atoms with E-state index in [1.807, 2.05) is 0 Å². The minimum atomic E-state index is -3.64. The number of aromatic nitrogens is 1. The molecule has 0 bridgehead atoms. The van der Waals surface area contributed by atoms with Crippen LogP contribution in [0, 0.1) is 5.82 Å². The molecule has 2 rings (SSSR count). The first-order valence-corrected chi connectivity index (χ1v) is 7.21. The fraction of sp³-hybridized carbons (Fsp3) is 0. The van der Waals surface area contributed by atoms with Gasteiger partial charge in [-0.25, -0.2) is 12.8 Å². The van der Waals surface area contributed by atoms with Crippen molar-refractivity contribution < 1.29 is 12.8 Å². The molecular weight excluding hydrogens is 289 g/mol. The molecule has 0 aliphatic heterocycles. The second-order valence-corrected chi connectivity index (χ2v) is 5.94. The fourth-order valence-corrected chi connectivity index (χ4v) is 2.48. The molecular formula is C13H9ClFNO2S. The van der Waals surface area contributed by atoms with Crippen molar-refractivity contribution in [2.24, 2.45) is 0 Å². The van der Waals surface area contributed by atoms with E-state index in [9.17, 15) is 12.8 Å². The molecule has 6 heteroatoms. The highest BCUT2D eigenvalue weighted by Crippen LogP contribution is 2.17. The molecule has 2 aromatic rings. The molecule has 0 fully saturated rings. The maximum Gasteiger partial charge on any atom is 0.199 e. The van der Waals surface area contributed by atoms with E-state index in [-0.39, 0.29) is 10.6 Å². The Morgan fingerprint density at radius 3 is 2.47 bits per heavy atom. The summed E-state index contributed by atoms with van der Waals surface area (Å²) in [7, 11) is -3.64. The number of sulfone groups is 1. The van der Waals surface area contributed by atoms with E-state index >= 15 is 0 Å². The fourth-order valence-electron chi connectivity index (χ4n) is 1.38. The quantitative estimate of drug-likeness (QED) is 0.873. The van der Waals surface area contributed by atoms with Crippen molar-refractivity contribution >= 4 is 27.5 Å². The Labute approximate surface area is 115 Å². The standard InChI is InChI=1S/C13H9ClFNO2S/c14-10-3-5-11(6-4-10)19(17,18)9-7-13-12(15)2-1-8-16-13/h1-9H/b9-7+. The first-order valence-electron chi connectivity index (χ1n) is 5.28. The summed E-state index contributed by atoms with van der Waals surface area (Å²) in [5, 5.41) is 1.36. The molecule has 0 aliphatic rings. The van der Waals surface area contributed by atoms with Gasteiger partial charge in [-0.2, -0.15) is 0 Å². The van der Waals surface area contributed by atoms with Crippen LogP contribution in [-0.4, -0.2) is 13.4 Å². The van der Waals surface area contributed by atoms with Crippen LogP contribution in [0.5, 0.6) is 0 Å². The van der Waals surface area contributed by atoms with Gasteiger partial charge in [-0.05, 0) is 42.5 Å². The van der Waals surface area contributed by atoms with E-state index in [0.717, 1.165) is 11.5 Å². The maximum absolute atomic E-state index is 13.3. The lowest BCUT2D eigenvalue weighted by Gasteiger charge is -1.99. The van der Waals surface area contributed by atoms with Gasteiger partial charge in [0.15, 0.2) is 9.84 Å². The highest BCUT2D eigenvalue weighted by atomic mass is 35.5. The predicted octanol–water partition coefficient (Wildman–Crippen LogP) is 3.32. The second-order valence-electron chi connectivity index (χ2n) is 3.67. The molecule has 1 aromatic carbocycles. The van der Waals surface area contributed by atoms with Crippen LogP contribution in [0.4, 0.5) is 4.39 Å². The zero-order valence-corrected chi connectivity index (χ0v) is 11.2. The second kappa shape index (κ2) is 5.50. The van der Waals surface area contributed by atoms with Gasteiger partial charge >= 0.3 is 0 Å². The highest BCUT2D eigenvalue weighted by Gasteiger charge is 2.10. The van der Waals surface area contributed by atoms with E-state index in [1.165, 1.54) is 42.6 Å². The molecule has 0 radical (unpaired) electrons. The lowest BCUT2D eigenvalue weighted by Crippen LogP contribution is -1.96. The van der Waals surface area contributed by atoms with E-state index in [1.54, 1.807) is 0 Å². The van der Waals surface area contributed by atoms with E-state index in [2.05, 4.69) is 4.98 Å². The Morgan fingerprint density at radius 2 is 1.84 bits per heavy atom. The molecule has 0 N–H and O–H groups in total. The van der Waals surface area contributed by atoms with E-state index < -0.39 is 15.7 Å². The lowest BCUT2D eigenvalue weighted by molar-refractivity contribution is 0.604. The van der Waals surface area contributed by atoms with Crippen LogP contribution >= 0.6 is 11.6 Å². The molecule has 98 valence electrons. The third-order valence-electron chi connectivity index (χ3n) is 2.33. The maximum atomic E-state index is 13.3. The zero-order valence-electron chi connectivity index (χ0n) is 9.62. The van der Waals surface area contributed by atoms with Crippen molar-refractivity contribution in [2.45, 2.75) is 4.90 Å². The van der Waals surface area contributed by atoms with Gasteiger partial charge in [0.25, 0.3) is 0 Å². The van der Waals surface area contributed by atoms with Gasteiger partial charge in [0, 0.05) is 16.6 Å². The molecule has 0 spiro atoms. The van der Waals surface area contributed by atoms with Gasteiger partial charge in [0.2, 0.25) is 0 Å². The molecule has 0 atom stereocenters. The monoisotopic (exact) mass is 297 g/mol. The Hall–Kier alpha value is -1.72. The number of pyridine rings is 1. The summed E-state index contributed by atoms with van der Waals surface area (Å²) < 4.78 is 37.2. The number of hydrogen-bond acceptors (Lipinski definition) is 3. The van der Waals surface area contributed by atoms with Gasteiger partial charge in [-0.3, -0.25) is 4.98 Å². The molecule has 1 aromatic heterocycles. The van der Waals surface area contributed by atoms with Crippen LogP contribution in [0.2, 0.25) is 5.02 Å². The minimum absolute atomic E-state index is 0.0277. The highest BCUT2D eigenvalue weighted by molar-refractivity contribution is 7.94. The number of benzene rings is 1. The lowest BCUT2D eigenvalue weighted by atomic mass is 10.3. The molecule has 19 heavy (non-hydrogen) atoms. The van der Waals surface area contributed by atoms with Crippen LogP contribution in [-0.2, 0) is 9.84 Å². The number of halogens is 2. The summed E-state index contributed by atoms with van der Waals surface area (Å²) in [6.07, 6.45) is 2.51. The summed E-state index contributed by atoms with van der Waals surface area (Å²) in [5.74, 6) is -0.579. The van der Waals surface area contributed by atoms with Crippen LogP contribution in [0.1, 0.15) is 5.69 Å². The van der Waals surface area contributed by atoms with Gasteiger partial charge < -0.3 is 0 Å². The summed E-state index contributed by atoms with van der Waals surface area (Å²) in [4.78, 5) is 3.83. The molecule has 3 nitrogen and oxygen atoms in total. The van der Waals surface area contributed by atoms with Crippen LogP contribution in [0.3, 0.4) is 0 Å². The SMILES string of the molecule is O=S(=O)(/C=C/c1ncccc1F)c1ccc(Cl)cc1. The topological polar surface area (TPSA) is 47.0 Å². The van der Waals surface area contributed by atoms with E-state index in [0.29, 0.717) is 5.02 Å². The predicted molar refractivity (Wildman–Crippen MR) is 71.9 cm³/mol. The molecule has 0 amide bonds. The normalized spacial score (nSPS) is 11.9. The Kier molecular flexibility index (Phi) is 3.97. The van der Waals surface area contributed by atoms with Crippen molar-refractivity contribution in [1.82, 2.24) is 4.98 Å². The van der Waals surface area contributed by atoms with Crippen molar-refractivity contribution in [1.29, 1.82) is 0 Å². The third-order valence-corrected chi connectivity index (χ3v) is 4.01. The van der Waals surface area contributed by atoms with Crippen LogP contribution < -0.4 is 0 Å². The average molecular weight is 298 g/mol. The number of rotatable bonds is 3. The largest absolute Gasteiger partial charge is 0.254 e. The number of hydrogen-bond donors (Lipinski definition) is 0. The molecule has 0 saturated heterocycles. The summed E-state index contributed by atoms with van der Waals surface area (Å²) in [6, 6.07) is 8.36. The van der Waals surface area contributed by atoms with Crippen molar-refractivity contribution in [3.63, 3.8) is 0 Å². The third kappa shape index (κ3) is 3.39. The zero-order chi connectivity index (χ0) is 13.9. The van der Waals surface area contributed by atoms with Gasteiger partial charge in [0.1, 0.15) is 5.82 Å². The van der Waals surface area contributed by atoms with Crippen molar-refractivity contribution in [3.05, 3.63) is 64.5 Å². The first kappa shape index (κ1) is 13.7. The average Bonchev–Trinajstić information content (AvgIpc) is 2.38. The minimum Gasteiger partial charge on any atom is -0.254 e. The molecule has 1 heterocycles. The molecule has 0 unspecified atom stereocenters. The molecule has 0 saturated carbocycles. The molecule has 0 aliphatic carbocycles. The Balaban J connectivity index is 2.32. The number of nitrogens with zero attached hydrogens (tertiary/aromatic N) is 1. The van der Waals surface area contributed by atoms with Crippen molar-refractivity contribution in [3.8, 4) is 0 Å². The summed E-state index contributed by atoms with van der Waals surface area (Å²) in [6.45, 7) is 0. The Morgan fingerprint density at radius 1 is 1.16 bits per heavy atom. The van der Waals surface area contributed by atoms with Gasteiger partial charge in [-0.1, -0.05) is 11.6 Å². The van der Waals surface area contributed by atoms with Gasteiger partial charge in [-0.15, -0.1) is 0 Å². The van der Waals surface area contributed by atoms with E-state index in [4.69, 9.17) is 11.6 Å². The Bertz CT molecular complexity index is 712. The first-order chi connectivity index (χ1) is 8.99. The summed E-state index contributed by atoms with van der Waals surface area (Å²) >= 11 is 5.68. The summed E-state index contributed by atoms with van der Waals surface area (Å²) in [5.41, 5.74) is -0.0277. The van der Waals surface area contributed by atoms with Crippen LogP contribution in [0.15, 0.2) is 52.9 Å².